The number of hydrogen-bond acceptors (Lipinski definition) is 3. The fourth-order valence-corrected chi connectivity index (χ4v) is 7.74. The normalized spacial score (nSPS) is 11.6. The third-order valence-corrected chi connectivity index (χ3v) is 10.1. The van der Waals surface area contributed by atoms with E-state index in [0.717, 1.165) is 27.6 Å². The van der Waals surface area contributed by atoms with E-state index in [1.54, 1.807) is 0 Å². The van der Waals surface area contributed by atoms with Crippen molar-refractivity contribution in [1.29, 1.82) is 0 Å². The summed E-state index contributed by atoms with van der Waals surface area (Å²) < 4.78 is 0. The maximum atomic E-state index is 4.34. The first-order valence-corrected chi connectivity index (χ1v) is 16.9. The molecule has 10 aromatic rings. The Balaban J connectivity index is 1.17. The van der Waals surface area contributed by atoms with Crippen molar-refractivity contribution < 1.29 is 0 Å². The molecule has 0 spiro atoms. The lowest BCUT2D eigenvalue weighted by atomic mass is 9.86. The SMILES string of the molecule is c1cc(-c2cccc3cnccc23)cc(-c2ccc3ccc4c(-c5cc(-c6ccncc6)cc(-c6ccncc6)c5)ccc5ccc2c3c54)c1. The highest BCUT2D eigenvalue weighted by Gasteiger charge is 2.17. The monoisotopic (exact) mass is 635 g/mol. The summed E-state index contributed by atoms with van der Waals surface area (Å²) in [6, 6.07) is 51.0. The fourth-order valence-electron chi connectivity index (χ4n) is 7.74. The van der Waals surface area contributed by atoms with Gasteiger partial charge >= 0.3 is 0 Å². The standard InChI is InChI=1S/C47H29N3/c1-3-34(40-6-2-5-36-29-50-24-19-43(36)40)25-35(4-1)41-11-7-32-10-14-45-42(12-8-33-9-13-44(41)46(32)47(33)45)39-27-37(30-15-20-48-21-16-30)26-38(28-39)31-17-22-49-23-18-31/h1-29H. The van der Waals surface area contributed by atoms with Crippen molar-refractivity contribution in [1.82, 2.24) is 15.0 Å². The van der Waals surface area contributed by atoms with Crippen molar-refractivity contribution in [2.45, 2.75) is 0 Å². The van der Waals surface area contributed by atoms with Crippen LogP contribution in [0.15, 0.2) is 177 Å². The second kappa shape index (κ2) is 11.5. The molecule has 0 saturated carbocycles. The van der Waals surface area contributed by atoms with Crippen LogP contribution >= 0.6 is 0 Å². The molecule has 0 aliphatic carbocycles. The van der Waals surface area contributed by atoms with Gasteiger partial charge in [0.05, 0.1) is 0 Å². The maximum Gasteiger partial charge on any atom is 0.0346 e. The molecule has 3 heterocycles. The van der Waals surface area contributed by atoms with Gasteiger partial charge in [-0.15, -0.1) is 0 Å². The summed E-state index contributed by atoms with van der Waals surface area (Å²) in [7, 11) is 0. The summed E-state index contributed by atoms with van der Waals surface area (Å²) in [5.74, 6) is 0. The van der Waals surface area contributed by atoms with Gasteiger partial charge in [-0.3, -0.25) is 15.0 Å². The molecule has 10 rings (SSSR count). The number of aromatic nitrogens is 3. The van der Waals surface area contributed by atoms with Gasteiger partial charge in [-0.25, -0.2) is 0 Å². The molecule has 232 valence electrons. The van der Waals surface area contributed by atoms with Crippen molar-refractivity contribution in [3.63, 3.8) is 0 Å². The molecule has 0 aliphatic heterocycles. The van der Waals surface area contributed by atoms with Crippen LogP contribution in [0.2, 0.25) is 0 Å². The smallest absolute Gasteiger partial charge is 0.0346 e. The van der Waals surface area contributed by atoms with Gasteiger partial charge in [0, 0.05) is 42.6 Å². The van der Waals surface area contributed by atoms with Gasteiger partial charge in [-0.2, -0.15) is 0 Å². The van der Waals surface area contributed by atoms with E-state index in [9.17, 15) is 0 Å². The Bertz CT molecular complexity index is 2800. The lowest BCUT2D eigenvalue weighted by Crippen LogP contribution is -1.91. The van der Waals surface area contributed by atoms with Crippen LogP contribution in [-0.2, 0) is 0 Å². The Hall–Kier alpha value is -6.71. The Kier molecular flexibility index (Phi) is 6.49. The van der Waals surface area contributed by atoms with E-state index in [0.29, 0.717) is 0 Å². The minimum Gasteiger partial charge on any atom is -0.265 e. The van der Waals surface area contributed by atoms with Gasteiger partial charge in [0.15, 0.2) is 0 Å². The maximum absolute atomic E-state index is 4.34. The molecule has 0 atom stereocenters. The molecule has 0 fully saturated rings. The van der Waals surface area contributed by atoms with Crippen molar-refractivity contribution in [2.75, 3.05) is 0 Å². The van der Waals surface area contributed by atoms with Gasteiger partial charge < -0.3 is 0 Å². The van der Waals surface area contributed by atoms with E-state index in [1.807, 2.05) is 37.2 Å². The van der Waals surface area contributed by atoms with E-state index in [2.05, 4.69) is 154 Å². The highest BCUT2D eigenvalue weighted by atomic mass is 14.6. The average molecular weight is 636 g/mol. The van der Waals surface area contributed by atoms with Crippen molar-refractivity contribution in [3.05, 3.63) is 177 Å². The molecule has 0 N–H and O–H groups in total. The molecule has 0 bridgehead atoms. The third kappa shape index (κ3) is 4.63. The summed E-state index contributed by atoms with van der Waals surface area (Å²) in [6.45, 7) is 0. The Morgan fingerprint density at radius 2 is 0.760 bits per heavy atom. The summed E-state index contributed by atoms with van der Waals surface area (Å²) in [5.41, 5.74) is 11.9. The first-order valence-electron chi connectivity index (χ1n) is 16.9. The minimum atomic E-state index is 1.14. The zero-order valence-corrected chi connectivity index (χ0v) is 27.1. The Labute approximate surface area is 289 Å². The van der Waals surface area contributed by atoms with Crippen LogP contribution in [-0.4, -0.2) is 15.0 Å². The molecular formula is C47H29N3. The number of fused-ring (bicyclic) bond motifs is 1. The summed E-state index contributed by atoms with van der Waals surface area (Å²) in [4.78, 5) is 12.9. The van der Waals surface area contributed by atoms with Gasteiger partial charge in [0.2, 0.25) is 0 Å². The second-order valence-electron chi connectivity index (χ2n) is 12.9. The molecule has 3 nitrogen and oxygen atoms in total. The zero-order valence-electron chi connectivity index (χ0n) is 27.1. The second-order valence-corrected chi connectivity index (χ2v) is 12.9. The first-order chi connectivity index (χ1) is 24.8. The number of hydrogen-bond donors (Lipinski definition) is 0. The molecule has 0 radical (unpaired) electrons. The van der Waals surface area contributed by atoms with Crippen LogP contribution in [0.1, 0.15) is 0 Å². The van der Waals surface area contributed by atoms with E-state index < -0.39 is 0 Å². The van der Waals surface area contributed by atoms with Gasteiger partial charge in [0.25, 0.3) is 0 Å². The minimum absolute atomic E-state index is 1.14. The van der Waals surface area contributed by atoms with Gasteiger partial charge in [-0.1, -0.05) is 84.9 Å². The average Bonchev–Trinajstić information content (AvgIpc) is 3.20. The van der Waals surface area contributed by atoms with Crippen LogP contribution < -0.4 is 0 Å². The molecule has 50 heavy (non-hydrogen) atoms. The Morgan fingerprint density at radius 3 is 1.38 bits per heavy atom. The topological polar surface area (TPSA) is 38.7 Å². The molecule has 3 heteroatoms. The Morgan fingerprint density at radius 1 is 0.280 bits per heavy atom. The summed E-state index contributed by atoms with van der Waals surface area (Å²) in [5, 5.41) is 9.98. The number of benzene rings is 7. The van der Waals surface area contributed by atoms with Crippen LogP contribution in [0.4, 0.5) is 0 Å². The number of rotatable bonds is 5. The quantitative estimate of drug-likeness (QED) is 0.177. The molecule has 0 aliphatic rings. The van der Waals surface area contributed by atoms with E-state index in [-0.39, 0.29) is 0 Å². The van der Waals surface area contributed by atoms with Crippen LogP contribution in [0.5, 0.6) is 0 Å². The lowest BCUT2D eigenvalue weighted by Gasteiger charge is -2.18. The van der Waals surface area contributed by atoms with Crippen LogP contribution in [0, 0.1) is 0 Å². The molecule has 0 unspecified atom stereocenters. The molecule has 3 aromatic heterocycles. The van der Waals surface area contributed by atoms with Crippen molar-refractivity contribution >= 4 is 43.1 Å². The fraction of sp³-hybridized carbons (Fsp3) is 0. The zero-order chi connectivity index (χ0) is 33.0. The predicted octanol–water partition coefficient (Wildman–Crippen LogP) is 12.3. The van der Waals surface area contributed by atoms with E-state index in [1.165, 1.54) is 71.1 Å². The lowest BCUT2D eigenvalue weighted by molar-refractivity contribution is 1.33. The largest absolute Gasteiger partial charge is 0.265 e. The summed E-state index contributed by atoms with van der Waals surface area (Å²) in [6.07, 6.45) is 11.2. The van der Waals surface area contributed by atoms with Gasteiger partial charge in [-0.05, 0) is 148 Å². The van der Waals surface area contributed by atoms with Crippen LogP contribution in [0.25, 0.3) is 98.7 Å². The van der Waals surface area contributed by atoms with Crippen molar-refractivity contribution in [3.8, 4) is 55.6 Å². The van der Waals surface area contributed by atoms with Gasteiger partial charge in [0.1, 0.15) is 0 Å². The molecule has 0 amide bonds. The summed E-state index contributed by atoms with van der Waals surface area (Å²) >= 11 is 0. The number of nitrogens with zero attached hydrogens (tertiary/aromatic N) is 3. The molecular weight excluding hydrogens is 607 g/mol. The van der Waals surface area contributed by atoms with Crippen molar-refractivity contribution in [2.24, 2.45) is 0 Å². The highest BCUT2D eigenvalue weighted by Crippen LogP contribution is 2.44. The third-order valence-electron chi connectivity index (χ3n) is 10.1. The highest BCUT2D eigenvalue weighted by molar-refractivity contribution is 6.27. The van der Waals surface area contributed by atoms with E-state index in [4.69, 9.17) is 0 Å². The molecule has 0 saturated heterocycles. The molecule has 7 aromatic carbocycles. The van der Waals surface area contributed by atoms with E-state index >= 15 is 0 Å². The van der Waals surface area contributed by atoms with Crippen LogP contribution in [0.3, 0.4) is 0 Å². The number of pyridine rings is 3. The predicted molar refractivity (Wildman–Crippen MR) is 208 cm³/mol. The first kappa shape index (κ1) is 28.3.